The van der Waals surface area contributed by atoms with Crippen molar-refractivity contribution in [1.29, 1.82) is 0 Å². The van der Waals surface area contributed by atoms with E-state index in [4.69, 9.17) is 9.47 Å². The number of nitrogens with one attached hydrogen (secondary N) is 1. The van der Waals surface area contributed by atoms with E-state index in [1.54, 1.807) is 30.1 Å². The molecule has 0 fully saturated rings. The summed E-state index contributed by atoms with van der Waals surface area (Å²) >= 11 is 0. The van der Waals surface area contributed by atoms with Gasteiger partial charge in [0, 0.05) is 19.2 Å². The highest BCUT2D eigenvalue weighted by atomic mass is 16.5. The lowest BCUT2D eigenvalue weighted by Gasteiger charge is -2.10. The molecule has 150 valence electrons. The molecule has 0 radical (unpaired) electrons. The standard InChI is InChI=1S/C21H22N4O4/c1-4-22-19(26)13-29-17-10-9-14(11-18(17)28-3)12-23-24-20-15-7-5-6-8-16(15)25(2)21(20)27/h5-12H,4,13H2,1-3H3,(H,22,26)/b23-12-,24-20-. The molecule has 2 amide bonds. The van der Waals surface area contributed by atoms with Gasteiger partial charge < -0.3 is 19.7 Å². The first kappa shape index (κ1) is 20.1. The molecule has 0 saturated carbocycles. The summed E-state index contributed by atoms with van der Waals surface area (Å²) in [6, 6.07) is 12.6. The first-order valence-corrected chi connectivity index (χ1v) is 9.11. The number of rotatable bonds is 7. The number of ether oxygens (including phenoxy) is 2. The molecule has 1 N–H and O–H groups in total. The molecule has 0 unspecified atom stereocenters. The summed E-state index contributed by atoms with van der Waals surface area (Å²) < 4.78 is 10.8. The molecule has 1 aliphatic heterocycles. The Hall–Kier alpha value is -3.68. The van der Waals surface area contributed by atoms with E-state index < -0.39 is 0 Å². The lowest BCUT2D eigenvalue weighted by Crippen LogP contribution is -2.28. The third kappa shape index (κ3) is 4.43. The molecule has 1 aliphatic rings. The van der Waals surface area contributed by atoms with Crippen molar-refractivity contribution in [2.75, 3.05) is 32.2 Å². The van der Waals surface area contributed by atoms with Crippen molar-refractivity contribution in [3.8, 4) is 11.5 Å². The summed E-state index contributed by atoms with van der Waals surface area (Å²) in [6.45, 7) is 2.28. The van der Waals surface area contributed by atoms with Crippen LogP contribution < -0.4 is 19.7 Å². The predicted octanol–water partition coefficient (Wildman–Crippen LogP) is 2.01. The zero-order chi connectivity index (χ0) is 20.8. The molecule has 0 atom stereocenters. The van der Waals surface area contributed by atoms with Gasteiger partial charge in [-0.15, -0.1) is 5.10 Å². The van der Waals surface area contributed by atoms with E-state index in [2.05, 4.69) is 15.5 Å². The Morgan fingerprint density at radius 3 is 2.76 bits per heavy atom. The first-order valence-electron chi connectivity index (χ1n) is 9.11. The number of nitrogens with zero attached hydrogens (tertiary/aromatic N) is 3. The lowest BCUT2D eigenvalue weighted by atomic mass is 10.1. The molecule has 2 aromatic rings. The number of carbonyl (C=O) groups excluding carboxylic acids is 2. The fourth-order valence-electron chi connectivity index (χ4n) is 2.87. The fourth-order valence-corrected chi connectivity index (χ4v) is 2.87. The summed E-state index contributed by atoms with van der Waals surface area (Å²) in [5.74, 6) is 0.509. The Kier molecular flexibility index (Phi) is 6.23. The van der Waals surface area contributed by atoms with E-state index >= 15 is 0 Å². The highest BCUT2D eigenvalue weighted by Crippen LogP contribution is 2.28. The second kappa shape index (κ2) is 9.01. The summed E-state index contributed by atoms with van der Waals surface area (Å²) in [5.41, 5.74) is 2.57. The monoisotopic (exact) mass is 394 g/mol. The van der Waals surface area contributed by atoms with Crippen LogP contribution in [0.1, 0.15) is 18.1 Å². The number of anilines is 1. The van der Waals surface area contributed by atoms with Gasteiger partial charge in [-0.3, -0.25) is 9.59 Å². The number of hydrogen-bond donors (Lipinski definition) is 1. The quantitative estimate of drug-likeness (QED) is 0.574. The minimum atomic E-state index is -0.206. The number of hydrogen-bond acceptors (Lipinski definition) is 6. The Labute approximate surface area is 168 Å². The summed E-state index contributed by atoms with van der Waals surface area (Å²) in [7, 11) is 3.22. The van der Waals surface area contributed by atoms with Crippen LogP contribution in [0.3, 0.4) is 0 Å². The van der Waals surface area contributed by atoms with Gasteiger partial charge in [0.2, 0.25) is 0 Å². The van der Waals surface area contributed by atoms with Crippen LogP contribution in [-0.4, -0.2) is 51.0 Å². The largest absolute Gasteiger partial charge is 0.493 e. The number of para-hydroxylation sites is 1. The third-order valence-corrected chi connectivity index (χ3v) is 4.31. The van der Waals surface area contributed by atoms with Crippen LogP contribution in [0.15, 0.2) is 52.7 Å². The molecule has 0 aromatic heterocycles. The van der Waals surface area contributed by atoms with Crippen LogP contribution in [0.2, 0.25) is 0 Å². The second-order valence-electron chi connectivity index (χ2n) is 6.23. The molecule has 8 heteroatoms. The average Bonchev–Trinajstić information content (AvgIpc) is 2.98. The minimum Gasteiger partial charge on any atom is -0.493 e. The van der Waals surface area contributed by atoms with Crippen LogP contribution in [0.5, 0.6) is 11.5 Å². The molecule has 0 aliphatic carbocycles. The maximum absolute atomic E-state index is 12.4. The van der Waals surface area contributed by atoms with Crippen LogP contribution in [0, 0.1) is 0 Å². The van der Waals surface area contributed by atoms with Gasteiger partial charge in [-0.1, -0.05) is 18.2 Å². The Bertz CT molecular complexity index is 984. The highest BCUT2D eigenvalue weighted by Gasteiger charge is 2.30. The van der Waals surface area contributed by atoms with Gasteiger partial charge in [0.25, 0.3) is 11.8 Å². The van der Waals surface area contributed by atoms with Gasteiger partial charge in [0.1, 0.15) is 0 Å². The molecule has 8 nitrogen and oxygen atoms in total. The van der Waals surface area contributed by atoms with Gasteiger partial charge in [0.15, 0.2) is 23.8 Å². The van der Waals surface area contributed by atoms with Gasteiger partial charge in [-0.05, 0) is 36.8 Å². The van der Waals surface area contributed by atoms with Crippen molar-refractivity contribution >= 4 is 29.4 Å². The molecule has 0 saturated heterocycles. The predicted molar refractivity (Wildman–Crippen MR) is 111 cm³/mol. The van der Waals surface area contributed by atoms with Crippen LogP contribution in [0.25, 0.3) is 0 Å². The SMILES string of the molecule is CCNC(=O)COc1ccc(/C=N\N=C2/C(=O)N(C)c3ccccc32)cc1OC. The summed E-state index contributed by atoms with van der Waals surface area (Å²) in [5, 5.41) is 10.8. The number of methoxy groups -OCH3 is 1. The molecule has 2 aromatic carbocycles. The number of carbonyl (C=O) groups is 2. The number of likely N-dealkylation sites (N-methyl/N-ethyl adjacent to an activating group) is 2. The number of benzene rings is 2. The van der Waals surface area contributed by atoms with Crippen molar-refractivity contribution in [2.45, 2.75) is 6.92 Å². The van der Waals surface area contributed by atoms with E-state index in [9.17, 15) is 9.59 Å². The lowest BCUT2D eigenvalue weighted by molar-refractivity contribution is -0.123. The van der Waals surface area contributed by atoms with Gasteiger partial charge in [0.05, 0.1) is 19.0 Å². The van der Waals surface area contributed by atoms with Crippen molar-refractivity contribution in [3.63, 3.8) is 0 Å². The van der Waals surface area contributed by atoms with E-state index in [0.717, 1.165) is 11.3 Å². The number of fused-ring (bicyclic) bond motifs is 1. The van der Waals surface area contributed by atoms with Crippen molar-refractivity contribution in [2.24, 2.45) is 10.2 Å². The molecular formula is C21H22N4O4. The van der Waals surface area contributed by atoms with E-state index in [1.807, 2.05) is 31.2 Å². The maximum atomic E-state index is 12.4. The molecule has 1 heterocycles. The minimum absolute atomic E-state index is 0.0969. The van der Waals surface area contributed by atoms with Gasteiger partial charge >= 0.3 is 0 Å². The van der Waals surface area contributed by atoms with E-state index in [0.29, 0.717) is 29.3 Å². The smallest absolute Gasteiger partial charge is 0.279 e. The Morgan fingerprint density at radius 2 is 2.00 bits per heavy atom. The first-order chi connectivity index (χ1) is 14.0. The molecule has 3 rings (SSSR count). The van der Waals surface area contributed by atoms with Crippen LogP contribution >= 0.6 is 0 Å². The fraction of sp³-hybridized carbons (Fsp3) is 0.238. The highest BCUT2D eigenvalue weighted by molar-refractivity contribution is 6.54. The third-order valence-electron chi connectivity index (χ3n) is 4.31. The molecular weight excluding hydrogens is 372 g/mol. The summed E-state index contributed by atoms with van der Waals surface area (Å²) in [6.07, 6.45) is 1.53. The zero-order valence-electron chi connectivity index (χ0n) is 16.5. The summed E-state index contributed by atoms with van der Waals surface area (Å²) in [4.78, 5) is 25.5. The Balaban J connectivity index is 1.75. The maximum Gasteiger partial charge on any atom is 0.279 e. The molecule has 0 bridgehead atoms. The second-order valence-corrected chi connectivity index (χ2v) is 6.23. The van der Waals surface area contributed by atoms with E-state index in [-0.39, 0.29) is 18.4 Å². The molecule has 29 heavy (non-hydrogen) atoms. The van der Waals surface area contributed by atoms with Crippen molar-refractivity contribution < 1.29 is 19.1 Å². The number of amides is 2. The molecule has 0 spiro atoms. The topological polar surface area (TPSA) is 92.6 Å². The van der Waals surface area contributed by atoms with Crippen LogP contribution in [-0.2, 0) is 9.59 Å². The average molecular weight is 394 g/mol. The van der Waals surface area contributed by atoms with Crippen LogP contribution in [0.4, 0.5) is 5.69 Å². The van der Waals surface area contributed by atoms with Crippen molar-refractivity contribution in [3.05, 3.63) is 53.6 Å². The van der Waals surface area contributed by atoms with Gasteiger partial charge in [-0.25, -0.2) is 0 Å². The van der Waals surface area contributed by atoms with Crippen molar-refractivity contribution in [1.82, 2.24) is 5.32 Å². The Morgan fingerprint density at radius 1 is 1.21 bits per heavy atom. The normalized spacial score (nSPS) is 14.4. The zero-order valence-corrected chi connectivity index (χ0v) is 16.5. The van der Waals surface area contributed by atoms with Gasteiger partial charge in [-0.2, -0.15) is 5.10 Å². The van der Waals surface area contributed by atoms with E-state index in [1.165, 1.54) is 13.3 Å².